The average Bonchev–Trinajstić information content (AvgIpc) is 2.69. The number of hydrogen-bond donors (Lipinski definition) is 1. The molecule has 3 heterocycles. The molecule has 0 atom stereocenters. The van der Waals surface area contributed by atoms with E-state index < -0.39 is 0 Å². The smallest absolute Gasteiger partial charge is 0.128 e. The SMILES string of the molecule is c1ccc(N2CCC(NCCc3cccc4cccnc34)CC2)nc1. The van der Waals surface area contributed by atoms with Crippen LogP contribution in [0.25, 0.3) is 10.9 Å². The minimum Gasteiger partial charge on any atom is -0.357 e. The van der Waals surface area contributed by atoms with Crippen LogP contribution in [-0.4, -0.2) is 35.6 Å². The number of aromatic nitrogens is 2. The third kappa shape index (κ3) is 3.80. The monoisotopic (exact) mass is 332 g/mol. The van der Waals surface area contributed by atoms with Gasteiger partial charge in [0.2, 0.25) is 0 Å². The van der Waals surface area contributed by atoms with Gasteiger partial charge in [0.25, 0.3) is 0 Å². The van der Waals surface area contributed by atoms with Crippen LogP contribution in [0.5, 0.6) is 0 Å². The molecule has 1 aromatic carbocycles. The van der Waals surface area contributed by atoms with E-state index in [1.165, 1.54) is 23.8 Å². The molecule has 4 heteroatoms. The number of piperidine rings is 1. The molecule has 25 heavy (non-hydrogen) atoms. The number of anilines is 1. The van der Waals surface area contributed by atoms with Gasteiger partial charge in [0.1, 0.15) is 5.82 Å². The topological polar surface area (TPSA) is 41.0 Å². The Labute approximate surface area is 148 Å². The van der Waals surface area contributed by atoms with Crippen LogP contribution >= 0.6 is 0 Å². The second-order valence-electron chi connectivity index (χ2n) is 6.65. The molecule has 4 nitrogen and oxygen atoms in total. The van der Waals surface area contributed by atoms with E-state index in [1.54, 1.807) is 0 Å². The molecule has 0 bridgehead atoms. The Balaban J connectivity index is 1.28. The summed E-state index contributed by atoms with van der Waals surface area (Å²) in [5, 5.41) is 4.96. The van der Waals surface area contributed by atoms with Crippen LogP contribution in [0, 0.1) is 0 Å². The molecule has 4 rings (SSSR count). The zero-order chi connectivity index (χ0) is 16.9. The lowest BCUT2D eigenvalue weighted by Gasteiger charge is -2.33. The second-order valence-corrected chi connectivity index (χ2v) is 6.65. The van der Waals surface area contributed by atoms with Crippen LogP contribution in [0.1, 0.15) is 18.4 Å². The molecule has 0 radical (unpaired) electrons. The maximum atomic E-state index is 4.55. The summed E-state index contributed by atoms with van der Waals surface area (Å²) in [5.74, 6) is 1.10. The van der Waals surface area contributed by atoms with Crippen LogP contribution in [0.2, 0.25) is 0 Å². The number of hydrogen-bond acceptors (Lipinski definition) is 4. The first-order chi connectivity index (χ1) is 12.4. The van der Waals surface area contributed by atoms with Crippen molar-refractivity contribution >= 4 is 16.7 Å². The van der Waals surface area contributed by atoms with E-state index in [1.807, 2.05) is 24.5 Å². The Hall–Kier alpha value is -2.46. The van der Waals surface area contributed by atoms with Gasteiger partial charge in [-0.1, -0.05) is 30.3 Å². The first kappa shape index (κ1) is 16.0. The molecule has 2 aromatic heterocycles. The Bertz CT molecular complexity index is 805. The van der Waals surface area contributed by atoms with Gasteiger partial charge in [-0.05, 0) is 49.6 Å². The fourth-order valence-electron chi connectivity index (χ4n) is 3.63. The number of nitrogens with zero attached hydrogens (tertiary/aromatic N) is 3. The van der Waals surface area contributed by atoms with E-state index >= 15 is 0 Å². The number of para-hydroxylation sites is 1. The number of fused-ring (bicyclic) bond motifs is 1. The van der Waals surface area contributed by atoms with Crippen molar-refractivity contribution in [2.45, 2.75) is 25.3 Å². The largest absolute Gasteiger partial charge is 0.357 e. The molecule has 1 aliphatic rings. The Morgan fingerprint density at radius 1 is 0.920 bits per heavy atom. The molecule has 0 aliphatic carbocycles. The predicted octanol–water partition coefficient (Wildman–Crippen LogP) is 3.43. The predicted molar refractivity (Wildman–Crippen MR) is 103 cm³/mol. The van der Waals surface area contributed by atoms with Crippen LogP contribution in [0.15, 0.2) is 60.9 Å². The summed E-state index contributed by atoms with van der Waals surface area (Å²) >= 11 is 0. The van der Waals surface area contributed by atoms with Gasteiger partial charge >= 0.3 is 0 Å². The average molecular weight is 332 g/mol. The summed E-state index contributed by atoms with van der Waals surface area (Å²) in [7, 11) is 0. The molecule has 1 N–H and O–H groups in total. The van der Waals surface area contributed by atoms with E-state index in [4.69, 9.17) is 0 Å². The van der Waals surface area contributed by atoms with E-state index in [2.05, 4.69) is 56.6 Å². The van der Waals surface area contributed by atoms with E-state index in [9.17, 15) is 0 Å². The zero-order valence-corrected chi connectivity index (χ0v) is 14.4. The van der Waals surface area contributed by atoms with Crippen molar-refractivity contribution in [3.05, 3.63) is 66.5 Å². The molecule has 1 saturated heterocycles. The van der Waals surface area contributed by atoms with Crippen molar-refractivity contribution in [2.75, 3.05) is 24.5 Å². The maximum absolute atomic E-state index is 4.55. The third-order valence-electron chi connectivity index (χ3n) is 5.01. The van der Waals surface area contributed by atoms with Crippen LogP contribution in [0.3, 0.4) is 0 Å². The zero-order valence-electron chi connectivity index (χ0n) is 14.4. The van der Waals surface area contributed by atoms with Gasteiger partial charge in [0, 0.05) is 36.9 Å². The van der Waals surface area contributed by atoms with Crippen LogP contribution in [-0.2, 0) is 6.42 Å². The van der Waals surface area contributed by atoms with Gasteiger partial charge in [-0.3, -0.25) is 4.98 Å². The molecule has 0 amide bonds. The van der Waals surface area contributed by atoms with E-state index in [-0.39, 0.29) is 0 Å². The normalized spacial score (nSPS) is 15.6. The van der Waals surface area contributed by atoms with Gasteiger partial charge < -0.3 is 10.2 Å². The summed E-state index contributed by atoms with van der Waals surface area (Å²) in [6.45, 7) is 3.15. The van der Waals surface area contributed by atoms with Crippen molar-refractivity contribution in [3.63, 3.8) is 0 Å². The van der Waals surface area contributed by atoms with Crippen LogP contribution < -0.4 is 10.2 Å². The van der Waals surface area contributed by atoms with Gasteiger partial charge in [-0.25, -0.2) is 4.98 Å². The first-order valence-corrected chi connectivity index (χ1v) is 9.12. The minimum absolute atomic E-state index is 0.600. The summed E-state index contributed by atoms with van der Waals surface area (Å²) in [6, 6.07) is 17.3. The Morgan fingerprint density at radius 3 is 2.60 bits per heavy atom. The lowest BCUT2D eigenvalue weighted by Crippen LogP contribution is -2.43. The molecular formula is C21H24N4. The maximum Gasteiger partial charge on any atom is 0.128 e. The minimum atomic E-state index is 0.600. The Kier molecular flexibility index (Phi) is 4.89. The molecular weight excluding hydrogens is 308 g/mol. The second kappa shape index (κ2) is 7.62. The third-order valence-corrected chi connectivity index (χ3v) is 5.01. The van der Waals surface area contributed by atoms with Crippen molar-refractivity contribution in [1.29, 1.82) is 0 Å². The molecule has 0 saturated carbocycles. The van der Waals surface area contributed by atoms with Gasteiger partial charge in [-0.15, -0.1) is 0 Å². The van der Waals surface area contributed by atoms with Crippen molar-refractivity contribution in [1.82, 2.24) is 15.3 Å². The highest BCUT2D eigenvalue weighted by Gasteiger charge is 2.19. The molecule has 0 spiro atoms. The molecule has 0 unspecified atom stereocenters. The fraction of sp³-hybridized carbons (Fsp3) is 0.333. The Morgan fingerprint density at radius 2 is 1.76 bits per heavy atom. The number of benzene rings is 1. The highest BCUT2D eigenvalue weighted by Crippen LogP contribution is 2.18. The standard InChI is InChI=1S/C21H24N4/c1-2-12-23-20(8-1)25-15-10-19(11-16-25)22-14-9-18-6-3-5-17-7-4-13-24-21(17)18/h1-8,12-13,19,22H,9-11,14-16H2. The first-order valence-electron chi connectivity index (χ1n) is 9.12. The van der Waals surface area contributed by atoms with E-state index in [0.717, 1.165) is 37.4 Å². The van der Waals surface area contributed by atoms with Gasteiger partial charge in [-0.2, -0.15) is 0 Å². The fourth-order valence-corrected chi connectivity index (χ4v) is 3.63. The van der Waals surface area contributed by atoms with Crippen molar-refractivity contribution in [3.8, 4) is 0 Å². The van der Waals surface area contributed by atoms with Gasteiger partial charge in [0.05, 0.1) is 5.52 Å². The molecule has 1 fully saturated rings. The number of nitrogens with one attached hydrogen (secondary N) is 1. The summed E-state index contributed by atoms with van der Waals surface area (Å²) in [6.07, 6.45) is 7.12. The number of rotatable bonds is 5. The molecule has 128 valence electrons. The highest BCUT2D eigenvalue weighted by molar-refractivity contribution is 5.81. The van der Waals surface area contributed by atoms with E-state index in [0.29, 0.717) is 6.04 Å². The lowest BCUT2D eigenvalue weighted by atomic mass is 10.0. The summed E-state index contributed by atoms with van der Waals surface area (Å²) < 4.78 is 0. The molecule has 3 aromatic rings. The number of pyridine rings is 2. The van der Waals surface area contributed by atoms with Crippen LogP contribution in [0.4, 0.5) is 5.82 Å². The quantitative estimate of drug-likeness (QED) is 0.777. The van der Waals surface area contributed by atoms with Crippen molar-refractivity contribution < 1.29 is 0 Å². The van der Waals surface area contributed by atoms with Gasteiger partial charge in [0.15, 0.2) is 0 Å². The lowest BCUT2D eigenvalue weighted by molar-refractivity contribution is 0.416. The molecule has 1 aliphatic heterocycles. The summed E-state index contributed by atoms with van der Waals surface area (Å²) in [4.78, 5) is 11.4. The highest BCUT2D eigenvalue weighted by atomic mass is 15.2. The van der Waals surface area contributed by atoms with Crippen molar-refractivity contribution in [2.24, 2.45) is 0 Å². The summed E-state index contributed by atoms with van der Waals surface area (Å²) in [5.41, 5.74) is 2.47.